The lowest BCUT2D eigenvalue weighted by Gasteiger charge is -2.29. The van der Waals surface area contributed by atoms with E-state index in [0.29, 0.717) is 17.9 Å². The lowest BCUT2D eigenvalue weighted by molar-refractivity contribution is -0.117. The van der Waals surface area contributed by atoms with E-state index in [0.717, 1.165) is 11.6 Å². The monoisotopic (exact) mass is 585 g/mol. The first-order valence-electron chi connectivity index (χ1n) is 12.6. The summed E-state index contributed by atoms with van der Waals surface area (Å²) in [5.74, 6) is -4.38. The lowest BCUT2D eigenvalue weighted by atomic mass is 9.77. The number of anilines is 1. The van der Waals surface area contributed by atoms with Crippen molar-refractivity contribution in [1.82, 2.24) is 0 Å². The van der Waals surface area contributed by atoms with Gasteiger partial charge in [0.2, 0.25) is 5.91 Å². The molecular weight excluding hydrogens is 555 g/mol. The molecule has 1 N–H and O–H groups in total. The van der Waals surface area contributed by atoms with E-state index in [-0.39, 0.29) is 26.6 Å². The van der Waals surface area contributed by atoms with Crippen LogP contribution in [0.5, 0.6) is 5.75 Å². The molecule has 0 radical (unpaired) electrons. The van der Waals surface area contributed by atoms with Crippen molar-refractivity contribution in [2.75, 3.05) is 12.4 Å². The Morgan fingerprint density at radius 1 is 1.12 bits per heavy atom. The number of carbonyl (C=O) groups excluding carboxylic acids is 1. The fraction of sp³-hybridized carbons (Fsp3) is 0.323. The molecule has 9 heteroatoms. The number of ether oxygens (including phenoxy) is 1. The Labute approximate surface area is 243 Å². The minimum absolute atomic E-state index is 0.0441. The number of nitrogens with one attached hydrogen (secondary N) is 1. The van der Waals surface area contributed by atoms with Gasteiger partial charge in [-0.1, -0.05) is 68.2 Å². The first kappa shape index (κ1) is 31.1. The molecule has 0 fully saturated rings. The predicted octanol–water partition coefficient (Wildman–Crippen LogP) is 8.49. The SMILES string of the molecule is COc1cc(C)ccc1NC(=O)C(N=CCC(C)(C)C)C(c1cccc(Cl)c1F)C(C#N)c1ccc(Cl)cc1F. The third-order valence-corrected chi connectivity index (χ3v) is 6.86. The maximum Gasteiger partial charge on any atom is 0.249 e. The molecule has 0 saturated carbocycles. The van der Waals surface area contributed by atoms with E-state index in [9.17, 15) is 10.1 Å². The highest BCUT2D eigenvalue weighted by atomic mass is 35.5. The maximum absolute atomic E-state index is 15.6. The molecule has 3 rings (SSSR count). The number of methoxy groups -OCH3 is 1. The molecule has 0 aliphatic carbocycles. The third-order valence-electron chi connectivity index (χ3n) is 6.33. The van der Waals surface area contributed by atoms with Gasteiger partial charge < -0.3 is 10.1 Å². The first-order valence-corrected chi connectivity index (χ1v) is 13.4. The number of nitrogens with zero attached hydrogens (tertiary/aromatic N) is 2. The van der Waals surface area contributed by atoms with Gasteiger partial charge in [0.25, 0.3) is 0 Å². The van der Waals surface area contributed by atoms with E-state index < -0.39 is 35.4 Å². The molecule has 3 aromatic carbocycles. The van der Waals surface area contributed by atoms with Crippen molar-refractivity contribution in [3.8, 4) is 11.8 Å². The zero-order chi connectivity index (χ0) is 29.6. The summed E-state index contributed by atoms with van der Waals surface area (Å²) in [6, 6.07) is 14.1. The van der Waals surface area contributed by atoms with Crippen LogP contribution in [0.25, 0.3) is 0 Å². The van der Waals surface area contributed by atoms with Gasteiger partial charge in [0.05, 0.1) is 29.8 Å². The van der Waals surface area contributed by atoms with Crippen LogP contribution in [0, 0.1) is 35.3 Å². The summed E-state index contributed by atoms with van der Waals surface area (Å²) in [4.78, 5) is 18.5. The van der Waals surface area contributed by atoms with Crippen LogP contribution in [-0.2, 0) is 4.79 Å². The number of hydrogen-bond acceptors (Lipinski definition) is 4. The van der Waals surface area contributed by atoms with Crippen molar-refractivity contribution in [2.45, 2.75) is 52.0 Å². The van der Waals surface area contributed by atoms with E-state index in [1.54, 1.807) is 24.4 Å². The molecule has 210 valence electrons. The number of halogens is 4. The molecule has 0 heterocycles. The standard InChI is InChI=1S/C31H31Cl2F2N3O2/c1-18-9-12-25(26(15-18)40-5)38-30(39)29(37-14-13-31(2,3)4)27(21-7-6-8-23(33)28(21)35)22(17-36)20-11-10-19(32)16-24(20)34/h6-12,14-16,22,27,29H,13H2,1-5H3,(H,38,39). The smallest absolute Gasteiger partial charge is 0.249 e. The molecule has 5 nitrogen and oxygen atoms in total. The summed E-state index contributed by atoms with van der Waals surface area (Å²) in [5, 5.41) is 13.1. The Bertz CT molecular complexity index is 1450. The molecule has 3 unspecified atom stereocenters. The lowest BCUT2D eigenvalue weighted by Crippen LogP contribution is -2.36. The van der Waals surface area contributed by atoms with Crippen molar-refractivity contribution < 1.29 is 18.3 Å². The van der Waals surface area contributed by atoms with E-state index in [4.69, 9.17) is 27.9 Å². The topological polar surface area (TPSA) is 74.5 Å². The van der Waals surface area contributed by atoms with Crippen LogP contribution in [-0.4, -0.2) is 25.3 Å². The van der Waals surface area contributed by atoms with Gasteiger partial charge in [-0.25, -0.2) is 8.78 Å². The van der Waals surface area contributed by atoms with E-state index in [1.807, 2.05) is 27.7 Å². The average molecular weight is 587 g/mol. The number of hydrogen-bond donors (Lipinski definition) is 1. The zero-order valence-electron chi connectivity index (χ0n) is 22.9. The minimum Gasteiger partial charge on any atom is -0.495 e. The van der Waals surface area contributed by atoms with Crippen LogP contribution in [0.15, 0.2) is 59.6 Å². The molecule has 40 heavy (non-hydrogen) atoms. The zero-order valence-corrected chi connectivity index (χ0v) is 24.4. The number of rotatable bonds is 9. The number of aryl methyl sites for hydroxylation is 1. The summed E-state index contributed by atoms with van der Waals surface area (Å²) in [7, 11) is 1.47. The Balaban J connectivity index is 2.24. The van der Waals surface area contributed by atoms with Gasteiger partial charge in [-0.3, -0.25) is 9.79 Å². The van der Waals surface area contributed by atoms with Gasteiger partial charge in [0, 0.05) is 22.7 Å². The molecular formula is C31H31Cl2F2N3O2. The second-order valence-corrected chi connectivity index (χ2v) is 11.5. The summed E-state index contributed by atoms with van der Waals surface area (Å²) < 4.78 is 36.2. The molecule has 3 atom stereocenters. The summed E-state index contributed by atoms with van der Waals surface area (Å²) >= 11 is 12.1. The van der Waals surface area contributed by atoms with Crippen LogP contribution in [0.4, 0.5) is 14.5 Å². The van der Waals surface area contributed by atoms with E-state index in [1.165, 1.54) is 37.4 Å². The van der Waals surface area contributed by atoms with Crippen molar-refractivity contribution >= 4 is 41.0 Å². The number of aliphatic imine (C=N–C) groups is 1. The molecule has 1 amide bonds. The molecule has 0 bridgehead atoms. The predicted molar refractivity (Wildman–Crippen MR) is 157 cm³/mol. The minimum atomic E-state index is -1.35. The van der Waals surface area contributed by atoms with Gasteiger partial charge in [-0.2, -0.15) is 5.26 Å². The number of benzene rings is 3. The molecule has 0 aromatic heterocycles. The van der Waals surface area contributed by atoms with E-state index >= 15 is 8.78 Å². The molecule has 3 aromatic rings. The second kappa shape index (κ2) is 13.3. The second-order valence-electron chi connectivity index (χ2n) is 10.7. The highest BCUT2D eigenvalue weighted by molar-refractivity contribution is 6.31. The fourth-order valence-corrected chi connectivity index (χ4v) is 4.62. The molecule has 0 aliphatic heterocycles. The Kier molecular flexibility index (Phi) is 10.3. The van der Waals surface area contributed by atoms with Crippen LogP contribution < -0.4 is 10.1 Å². The van der Waals surface area contributed by atoms with Crippen molar-refractivity contribution in [1.29, 1.82) is 5.26 Å². The number of nitriles is 1. The van der Waals surface area contributed by atoms with Gasteiger partial charge in [-0.15, -0.1) is 0 Å². The van der Waals surface area contributed by atoms with Gasteiger partial charge >= 0.3 is 0 Å². The van der Waals surface area contributed by atoms with Crippen molar-refractivity contribution in [3.05, 3.63) is 93.0 Å². The van der Waals surface area contributed by atoms with Crippen molar-refractivity contribution in [2.24, 2.45) is 10.4 Å². The summed E-state index contributed by atoms with van der Waals surface area (Å²) in [6.07, 6.45) is 2.07. The molecule has 0 spiro atoms. The third kappa shape index (κ3) is 7.59. The Morgan fingerprint density at radius 3 is 2.48 bits per heavy atom. The maximum atomic E-state index is 15.6. The largest absolute Gasteiger partial charge is 0.495 e. The van der Waals surface area contributed by atoms with Crippen LogP contribution in [0.3, 0.4) is 0 Å². The first-order chi connectivity index (χ1) is 18.9. The van der Waals surface area contributed by atoms with Gasteiger partial charge in [-0.05, 0) is 60.2 Å². The van der Waals surface area contributed by atoms with E-state index in [2.05, 4.69) is 16.4 Å². The fourth-order valence-electron chi connectivity index (χ4n) is 4.28. The number of carbonyl (C=O) groups is 1. The van der Waals surface area contributed by atoms with Gasteiger partial charge in [0.15, 0.2) is 0 Å². The highest BCUT2D eigenvalue weighted by Crippen LogP contribution is 2.41. The Morgan fingerprint density at radius 2 is 1.85 bits per heavy atom. The summed E-state index contributed by atoms with van der Waals surface area (Å²) in [5.41, 5.74) is 1.02. The highest BCUT2D eigenvalue weighted by Gasteiger charge is 2.40. The molecule has 0 saturated heterocycles. The Hall–Kier alpha value is -3.47. The van der Waals surface area contributed by atoms with Crippen molar-refractivity contribution in [3.63, 3.8) is 0 Å². The van der Waals surface area contributed by atoms with Crippen LogP contribution in [0.1, 0.15) is 55.7 Å². The number of amides is 1. The average Bonchev–Trinajstić information content (AvgIpc) is 2.88. The normalized spacial score (nSPS) is 13.9. The van der Waals surface area contributed by atoms with Crippen LogP contribution in [0.2, 0.25) is 10.0 Å². The quantitative estimate of drug-likeness (QED) is 0.256. The van der Waals surface area contributed by atoms with Gasteiger partial charge in [0.1, 0.15) is 23.4 Å². The molecule has 0 aliphatic rings. The van der Waals surface area contributed by atoms with Crippen LogP contribution >= 0.6 is 23.2 Å². The summed E-state index contributed by atoms with van der Waals surface area (Å²) in [6.45, 7) is 7.88.